The zero-order valence-electron chi connectivity index (χ0n) is 59.1. The van der Waals surface area contributed by atoms with Gasteiger partial charge in [0.25, 0.3) is 0 Å². The molecule has 12 atom stereocenters. The van der Waals surface area contributed by atoms with Gasteiger partial charge >= 0.3 is 29.6 Å². The summed E-state index contributed by atoms with van der Waals surface area (Å²) in [6.07, 6.45) is -5.81. The second-order valence-corrected chi connectivity index (χ2v) is 62.6. The summed E-state index contributed by atoms with van der Waals surface area (Å²) in [6, 6.07) is 0. The van der Waals surface area contributed by atoms with Gasteiger partial charge in [0.15, 0.2) is 67.6 Å². The molecule has 0 bridgehead atoms. The Hall–Kier alpha value is 2.07. The van der Waals surface area contributed by atoms with Crippen molar-refractivity contribution in [3.63, 3.8) is 0 Å². The first-order chi connectivity index (χ1) is 36.5. The molecule has 0 aliphatic carbocycles. The molecule has 0 aromatic carbocycles. The molecule has 2 fully saturated rings. The standard InChI is InChI=1S/C30H64O7SSi3.C28H62O9SSi3.2CH4.Na/c1-18-22(32)19-33-27-26(37-41(16,17)30(9,10)11)25(36-40(14,15)29(6,7)8)24(23(34-27)20-38-21(2)31)35-39(12,13)28(3,4)5;1-17-20(29)18-31-25-24(35-41(15,16)28(8,9)10)23(34-40(13,14)27(5,6)7)22(21(32-25)19-38-37-36-30)33-39(11,12)26(2,3)4;;;/h22-27,32H,18-20H2,1-17H3;20-25,29-30H,17-19H2,1-16H3;2*1H4;/q;;;;+1/p-1. The van der Waals surface area contributed by atoms with E-state index in [4.69, 9.17) is 45.5 Å². The van der Waals surface area contributed by atoms with Crippen LogP contribution in [0.2, 0.25) is 109 Å². The van der Waals surface area contributed by atoms with Gasteiger partial charge in [0.05, 0.1) is 55.6 Å². The average Bonchev–Trinajstić information content (AvgIpc) is 3.27. The van der Waals surface area contributed by atoms with Gasteiger partial charge in [-0.05, 0) is 122 Å². The smallest absolute Gasteiger partial charge is 0.691 e. The molecule has 12 unspecified atom stereocenters. The van der Waals surface area contributed by atoms with Gasteiger partial charge in [0, 0.05) is 24.7 Å². The van der Waals surface area contributed by atoms with Crippen LogP contribution in [-0.2, 0) is 59.7 Å². The first-order valence-corrected chi connectivity index (χ1v) is 49.5. The first kappa shape index (κ1) is 91.3. The summed E-state index contributed by atoms with van der Waals surface area (Å²) in [6.45, 7) is 72.3. The number of thioether (sulfide) groups is 1. The Labute approximate surface area is 559 Å². The summed E-state index contributed by atoms with van der Waals surface area (Å²) < 4.78 is 73.9. The molecule has 2 saturated heterocycles. The van der Waals surface area contributed by atoms with Gasteiger partial charge in [0.2, 0.25) is 0 Å². The predicted molar refractivity (Wildman–Crippen MR) is 365 cm³/mol. The third-order valence-corrected chi connectivity index (χ3v) is 47.6. The van der Waals surface area contributed by atoms with Crippen LogP contribution in [-0.4, -0.2) is 164 Å². The zero-order chi connectivity index (χ0) is 64.6. The minimum absolute atomic E-state index is 0. The van der Waals surface area contributed by atoms with E-state index >= 15 is 0 Å². The maximum absolute atomic E-state index is 12.1. The van der Waals surface area contributed by atoms with E-state index in [0.29, 0.717) is 18.6 Å². The summed E-state index contributed by atoms with van der Waals surface area (Å²) in [5.74, 6) is 0.677. The fraction of sp³-hybridized carbons (Fsp3) is 0.983. The van der Waals surface area contributed by atoms with E-state index in [9.17, 15) is 20.3 Å². The van der Waals surface area contributed by atoms with Gasteiger partial charge in [-0.25, -0.2) is 0 Å². The molecule has 25 heteroatoms. The predicted octanol–water partition coefficient (Wildman–Crippen LogP) is 12.8. The van der Waals surface area contributed by atoms with Crippen molar-refractivity contribution in [1.29, 1.82) is 0 Å². The van der Waals surface area contributed by atoms with Gasteiger partial charge in [-0.15, -0.1) is 0 Å². The van der Waals surface area contributed by atoms with Crippen LogP contribution in [0.1, 0.15) is 173 Å². The van der Waals surface area contributed by atoms with E-state index in [1.165, 1.54) is 11.8 Å². The summed E-state index contributed by atoms with van der Waals surface area (Å²) in [5.41, 5.74) is 0. The van der Waals surface area contributed by atoms with Crippen molar-refractivity contribution in [2.24, 2.45) is 0 Å². The minimum atomic E-state index is -2.37. The van der Waals surface area contributed by atoms with E-state index in [1.54, 1.807) is 6.92 Å². The molecule has 2 heterocycles. The Balaban J connectivity index is -0.00000153. The molecule has 2 aliphatic heterocycles. The number of aliphatic hydroxyl groups excluding tert-OH is 2. The Morgan fingerprint density at radius 1 is 0.459 bits per heavy atom. The van der Waals surface area contributed by atoms with E-state index in [0.717, 1.165) is 12.0 Å². The van der Waals surface area contributed by atoms with Crippen molar-refractivity contribution in [2.45, 2.75) is 356 Å². The van der Waals surface area contributed by atoms with Gasteiger partial charge in [-0.2, -0.15) is 4.33 Å². The number of carbonyl (C=O) groups is 1. The van der Waals surface area contributed by atoms with Crippen LogP contribution in [0.4, 0.5) is 0 Å². The van der Waals surface area contributed by atoms with Crippen molar-refractivity contribution in [3.8, 4) is 0 Å². The Morgan fingerprint density at radius 2 is 0.694 bits per heavy atom. The van der Waals surface area contributed by atoms with Crippen molar-refractivity contribution < 1.29 is 105 Å². The molecular weight excluding hydrogens is 1230 g/mol. The zero-order valence-corrected chi connectivity index (χ0v) is 68.7. The molecule has 506 valence electrons. The molecule has 0 aromatic heterocycles. The van der Waals surface area contributed by atoms with E-state index in [-0.39, 0.29) is 98.7 Å². The number of carbonyl (C=O) groups excluding carboxylic acids is 1. The van der Waals surface area contributed by atoms with Crippen LogP contribution in [0, 0.1) is 0 Å². The summed E-state index contributed by atoms with van der Waals surface area (Å²) in [5, 5.41) is 34.8. The SMILES string of the molecule is C.C.CCC(O)COC1OC(CSC(C)=O)C(O[Si](C)(C)C(C)(C)C)C(O[Si](C)(C)C(C)(C)C)C1O[Si](C)(C)C(C)(C)C.CCC(O)COC1OC(CSOO[O-])C(O[Si](C)(C)C(C)(C)C)C(O[Si](C)(C)C(C)(C)C)C1O[Si](C)(C)C(C)(C)C.[Na+]. The second-order valence-electron chi connectivity index (χ2n) is 32.2. The molecular formula is C60H133NaO16S2Si6. The molecule has 0 spiro atoms. The topological polar surface area (TPSA) is 191 Å². The van der Waals surface area contributed by atoms with Crippen LogP contribution in [0.3, 0.4) is 0 Å². The third kappa shape index (κ3) is 27.0. The molecule has 85 heavy (non-hydrogen) atoms. The van der Waals surface area contributed by atoms with Crippen molar-refractivity contribution >= 4 is 78.8 Å². The second kappa shape index (κ2) is 35.2. The summed E-state index contributed by atoms with van der Waals surface area (Å²) in [4.78, 5) is 12.1. The molecule has 0 aromatic rings. The quantitative estimate of drug-likeness (QED) is 0.0273. The summed E-state index contributed by atoms with van der Waals surface area (Å²) in [7, 11) is -14.1. The first-order valence-electron chi connectivity index (χ1n) is 30.2. The third-order valence-electron chi connectivity index (χ3n) is 19.2. The largest absolute Gasteiger partial charge is 1.00 e. The van der Waals surface area contributed by atoms with Gasteiger partial charge < -0.3 is 61.0 Å². The number of rotatable bonds is 26. The number of hydrogen-bond acceptors (Lipinski definition) is 18. The number of ether oxygens (including phenoxy) is 4. The van der Waals surface area contributed by atoms with Crippen LogP contribution in [0.25, 0.3) is 0 Å². The van der Waals surface area contributed by atoms with Crippen molar-refractivity contribution in [1.82, 2.24) is 0 Å². The van der Waals surface area contributed by atoms with Gasteiger partial charge in [-0.3, -0.25) is 9.83 Å². The Morgan fingerprint density at radius 3 is 0.918 bits per heavy atom. The number of hydrogen-bond donors (Lipinski definition) is 2. The van der Waals surface area contributed by atoms with E-state index in [2.05, 4.69) is 213 Å². The van der Waals surface area contributed by atoms with Crippen LogP contribution >= 0.6 is 23.8 Å². The monoisotopic (exact) mass is 1360 g/mol. The van der Waals surface area contributed by atoms with Crippen LogP contribution in [0.5, 0.6) is 0 Å². The molecule has 0 amide bonds. The van der Waals surface area contributed by atoms with Gasteiger partial charge in [-0.1, -0.05) is 165 Å². The van der Waals surface area contributed by atoms with Crippen molar-refractivity contribution in [2.75, 3.05) is 24.7 Å². The van der Waals surface area contributed by atoms with Gasteiger partial charge in [0.1, 0.15) is 24.4 Å². The Kier molecular flexibility index (Phi) is 37.8. The molecule has 16 nitrogen and oxygen atoms in total. The molecule has 0 radical (unpaired) electrons. The average molecular weight is 1370 g/mol. The van der Waals surface area contributed by atoms with E-state index in [1.807, 2.05) is 13.8 Å². The minimum Gasteiger partial charge on any atom is -0.691 e. The fourth-order valence-corrected chi connectivity index (χ4v) is 16.1. The molecule has 0 saturated carbocycles. The fourth-order valence-electron chi connectivity index (χ4n) is 7.16. The van der Waals surface area contributed by atoms with E-state index < -0.39 is 124 Å². The number of aliphatic hydroxyl groups is 2. The van der Waals surface area contributed by atoms with Crippen molar-refractivity contribution in [3.05, 3.63) is 0 Å². The van der Waals surface area contributed by atoms with Crippen LogP contribution in [0.15, 0.2) is 0 Å². The Bertz CT molecular complexity index is 1920. The normalized spacial score (nSPS) is 25.4. The molecule has 2 N–H and O–H groups in total. The maximum atomic E-state index is 12.1. The molecule has 2 aliphatic rings. The molecule has 2 rings (SSSR count). The van der Waals surface area contributed by atoms with Crippen LogP contribution < -0.4 is 34.8 Å². The maximum Gasteiger partial charge on any atom is 1.00 e. The summed E-state index contributed by atoms with van der Waals surface area (Å²) >= 11 is 2.11.